The Kier molecular flexibility index (Phi) is 5.20. The zero-order valence-corrected chi connectivity index (χ0v) is 12.4. The highest BCUT2D eigenvalue weighted by molar-refractivity contribution is 5.86. The Morgan fingerprint density at radius 2 is 1.95 bits per heavy atom. The van der Waals surface area contributed by atoms with Gasteiger partial charge in [0.15, 0.2) is 0 Å². The van der Waals surface area contributed by atoms with Gasteiger partial charge in [-0.25, -0.2) is 9.59 Å². The van der Waals surface area contributed by atoms with E-state index >= 15 is 0 Å². The topological polar surface area (TPSA) is 69.6 Å². The quantitative estimate of drug-likeness (QED) is 0.823. The van der Waals surface area contributed by atoms with Crippen LogP contribution >= 0.6 is 0 Å². The van der Waals surface area contributed by atoms with E-state index in [1.807, 2.05) is 0 Å². The maximum atomic E-state index is 12.2. The molecule has 0 spiro atoms. The molecular formula is C14H26N2O3. The summed E-state index contributed by atoms with van der Waals surface area (Å²) in [6.45, 7) is 9.04. The summed E-state index contributed by atoms with van der Waals surface area (Å²) in [7, 11) is 0. The van der Waals surface area contributed by atoms with Gasteiger partial charge in [-0.15, -0.1) is 0 Å². The van der Waals surface area contributed by atoms with Crippen molar-refractivity contribution < 1.29 is 14.7 Å². The summed E-state index contributed by atoms with van der Waals surface area (Å²) in [5, 5.41) is 12.2. The van der Waals surface area contributed by atoms with Crippen molar-refractivity contribution in [2.24, 2.45) is 11.8 Å². The Morgan fingerprint density at radius 3 is 2.47 bits per heavy atom. The van der Waals surface area contributed by atoms with Gasteiger partial charge in [0, 0.05) is 13.1 Å². The van der Waals surface area contributed by atoms with Gasteiger partial charge in [0.2, 0.25) is 0 Å². The molecule has 110 valence electrons. The molecule has 2 atom stereocenters. The first-order chi connectivity index (χ1) is 8.79. The van der Waals surface area contributed by atoms with Gasteiger partial charge in [0.25, 0.3) is 0 Å². The SMILES string of the molecule is CC(C)C(C)CNC(=O)N1CCCCC1(C)C(=O)O. The monoisotopic (exact) mass is 270 g/mol. The Morgan fingerprint density at radius 1 is 1.32 bits per heavy atom. The molecule has 5 heteroatoms. The van der Waals surface area contributed by atoms with Gasteiger partial charge in [0.05, 0.1) is 0 Å². The van der Waals surface area contributed by atoms with Crippen molar-refractivity contribution in [3.05, 3.63) is 0 Å². The second-order valence-electron chi connectivity index (χ2n) is 6.10. The maximum Gasteiger partial charge on any atom is 0.329 e. The van der Waals surface area contributed by atoms with Crippen LogP contribution in [-0.2, 0) is 4.79 Å². The summed E-state index contributed by atoms with van der Waals surface area (Å²) in [6, 6.07) is -0.253. The van der Waals surface area contributed by atoms with E-state index in [0.29, 0.717) is 31.3 Å². The first-order valence-electron chi connectivity index (χ1n) is 7.08. The molecule has 0 radical (unpaired) electrons. The van der Waals surface area contributed by atoms with Crippen LogP contribution in [0.4, 0.5) is 4.79 Å². The third-order valence-corrected chi connectivity index (χ3v) is 4.31. The lowest BCUT2D eigenvalue weighted by Crippen LogP contribution is -2.60. The molecule has 0 bridgehead atoms. The minimum Gasteiger partial charge on any atom is -0.480 e. The Bertz CT molecular complexity index is 344. The smallest absolute Gasteiger partial charge is 0.329 e. The molecule has 0 aliphatic carbocycles. The molecule has 0 aromatic heterocycles. The zero-order chi connectivity index (χ0) is 14.6. The standard InChI is InChI=1S/C14H26N2O3/c1-10(2)11(3)9-15-13(19)16-8-6-5-7-14(16,4)12(17)18/h10-11H,5-9H2,1-4H3,(H,15,19)(H,17,18). The molecule has 2 N–H and O–H groups in total. The Balaban J connectivity index is 2.66. The number of carbonyl (C=O) groups excluding carboxylic acids is 1. The van der Waals surface area contributed by atoms with E-state index in [0.717, 1.165) is 12.8 Å². The van der Waals surface area contributed by atoms with E-state index < -0.39 is 11.5 Å². The molecule has 1 aliphatic heterocycles. The molecule has 1 heterocycles. The fourth-order valence-electron chi connectivity index (χ4n) is 2.25. The number of amides is 2. The third kappa shape index (κ3) is 3.61. The van der Waals surface area contributed by atoms with Crippen LogP contribution in [-0.4, -0.2) is 40.6 Å². The number of nitrogens with one attached hydrogen (secondary N) is 1. The van der Waals surface area contributed by atoms with E-state index in [2.05, 4.69) is 26.1 Å². The van der Waals surface area contributed by atoms with Gasteiger partial charge in [-0.1, -0.05) is 20.8 Å². The number of piperidine rings is 1. The van der Waals surface area contributed by atoms with Crippen molar-refractivity contribution in [2.75, 3.05) is 13.1 Å². The van der Waals surface area contributed by atoms with E-state index in [4.69, 9.17) is 0 Å². The lowest BCUT2D eigenvalue weighted by atomic mass is 9.89. The van der Waals surface area contributed by atoms with Crippen LogP contribution in [0.2, 0.25) is 0 Å². The molecule has 0 saturated carbocycles. The lowest BCUT2D eigenvalue weighted by molar-refractivity contribution is -0.150. The summed E-state index contributed by atoms with van der Waals surface area (Å²) < 4.78 is 0. The fraction of sp³-hybridized carbons (Fsp3) is 0.857. The van der Waals surface area contributed by atoms with Gasteiger partial charge in [-0.2, -0.15) is 0 Å². The average Bonchev–Trinajstić information content (AvgIpc) is 2.35. The first-order valence-corrected chi connectivity index (χ1v) is 7.08. The van der Waals surface area contributed by atoms with Crippen molar-refractivity contribution in [3.8, 4) is 0 Å². The summed E-state index contributed by atoms with van der Waals surface area (Å²) in [4.78, 5) is 25.1. The largest absolute Gasteiger partial charge is 0.480 e. The predicted molar refractivity (Wildman–Crippen MR) is 74.0 cm³/mol. The number of carboxylic acid groups (broad SMARTS) is 1. The molecule has 1 fully saturated rings. The molecule has 2 unspecified atom stereocenters. The molecule has 0 aromatic rings. The zero-order valence-electron chi connectivity index (χ0n) is 12.4. The lowest BCUT2D eigenvalue weighted by Gasteiger charge is -2.41. The number of hydrogen-bond acceptors (Lipinski definition) is 2. The molecule has 0 aromatic carbocycles. The third-order valence-electron chi connectivity index (χ3n) is 4.31. The first kappa shape index (κ1) is 15.8. The molecule has 1 saturated heterocycles. The van der Waals surface area contributed by atoms with Crippen LogP contribution in [0.15, 0.2) is 0 Å². The van der Waals surface area contributed by atoms with Crippen LogP contribution < -0.4 is 5.32 Å². The average molecular weight is 270 g/mol. The Labute approximate surface area is 115 Å². The number of nitrogens with zero attached hydrogens (tertiary/aromatic N) is 1. The summed E-state index contributed by atoms with van der Waals surface area (Å²) >= 11 is 0. The summed E-state index contributed by atoms with van der Waals surface area (Å²) in [5.74, 6) is -0.0448. The van der Waals surface area contributed by atoms with Crippen LogP contribution in [0.3, 0.4) is 0 Å². The normalized spacial score (nSPS) is 25.2. The molecule has 1 aliphatic rings. The number of rotatable bonds is 4. The van der Waals surface area contributed by atoms with E-state index in [1.165, 1.54) is 4.90 Å². The number of carbonyl (C=O) groups is 2. The predicted octanol–water partition coefficient (Wildman–Crippen LogP) is 2.32. The second kappa shape index (κ2) is 6.26. The summed E-state index contributed by atoms with van der Waals surface area (Å²) in [5.41, 5.74) is -1.07. The van der Waals surface area contributed by atoms with E-state index in [-0.39, 0.29) is 6.03 Å². The van der Waals surface area contributed by atoms with Gasteiger partial charge in [-0.05, 0) is 38.0 Å². The summed E-state index contributed by atoms with van der Waals surface area (Å²) in [6.07, 6.45) is 2.25. The number of carboxylic acids is 1. The minimum atomic E-state index is -1.07. The van der Waals surface area contributed by atoms with Gasteiger partial charge >= 0.3 is 12.0 Å². The fourth-order valence-corrected chi connectivity index (χ4v) is 2.25. The molecule has 5 nitrogen and oxygen atoms in total. The molecule has 19 heavy (non-hydrogen) atoms. The van der Waals surface area contributed by atoms with Crippen molar-refractivity contribution in [2.45, 2.75) is 52.5 Å². The molecule has 2 amide bonds. The van der Waals surface area contributed by atoms with Crippen LogP contribution in [0.25, 0.3) is 0 Å². The maximum absolute atomic E-state index is 12.2. The van der Waals surface area contributed by atoms with Crippen molar-refractivity contribution in [3.63, 3.8) is 0 Å². The van der Waals surface area contributed by atoms with Gasteiger partial charge in [0.1, 0.15) is 5.54 Å². The minimum absolute atomic E-state index is 0.253. The number of urea groups is 1. The van der Waals surface area contributed by atoms with Crippen molar-refractivity contribution in [1.82, 2.24) is 10.2 Å². The van der Waals surface area contributed by atoms with Crippen LogP contribution in [0.5, 0.6) is 0 Å². The van der Waals surface area contributed by atoms with Crippen molar-refractivity contribution >= 4 is 12.0 Å². The van der Waals surface area contributed by atoms with Gasteiger partial charge in [-0.3, -0.25) is 0 Å². The van der Waals surface area contributed by atoms with Crippen LogP contribution in [0.1, 0.15) is 47.0 Å². The Hall–Kier alpha value is -1.26. The molecular weight excluding hydrogens is 244 g/mol. The van der Waals surface area contributed by atoms with Gasteiger partial charge < -0.3 is 15.3 Å². The van der Waals surface area contributed by atoms with E-state index in [1.54, 1.807) is 6.92 Å². The second-order valence-corrected chi connectivity index (χ2v) is 6.10. The van der Waals surface area contributed by atoms with Crippen molar-refractivity contribution in [1.29, 1.82) is 0 Å². The number of likely N-dealkylation sites (tertiary alicyclic amines) is 1. The van der Waals surface area contributed by atoms with Crippen LogP contribution in [0, 0.1) is 11.8 Å². The highest BCUT2D eigenvalue weighted by Gasteiger charge is 2.43. The van der Waals surface area contributed by atoms with E-state index in [9.17, 15) is 14.7 Å². The number of aliphatic carboxylic acids is 1. The number of hydrogen-bond donors (Lipinski definition) is 2. The molecule has 1 rings (SSSR count). The highest BCUT2D eigenvalue weighted by atomic mass is 16.4. The highest BCUT2D eigenvalue weighted by Crippen LogP contribution is 2.28.